The van der Waals surface area contributed by atoms with Gasteiger partial charge in [0.05, 0.1) is 0 Å². The van der Waals surface area contributed by atoms with E-state index < -0.39 is 10.0 Å². The second kappa shape index (κ2) is 6.00. The van der Waals surface area contributed by atoms with Gasteiger partial charge < -0.3 is 5.73 Å². The summed E-state index contributed by atoms with van der Waals surface area (Å²) in [6.07, 6.45) is 1.45. The van der Waals surface area contributed by atoms with Gasteiger partial charge in [-0.05, 0) is 17.7 Å². The van der Waals surface area contributed by atoms with Gasteiger partial charge in [0.1, 0.15) is 0 Å². The highest BCUT2D eigenvalue weighted by molar-refractivity contribution is 7.92. The maximum Gasteiger partial charge on any atom is 0.233 e. The van der Waals surface area contributed by atoms with E-state index in [4.69, 9.17) is 17.3 Å². The largest absolute Gasteiger partial charge is 0.329 e. The third kappa shape index (κ3) is 4.32. The summed E-state index contributed by atoms with van der Waals surface area (Å²) in [5.74, 6) is 0. The van der Waals surface area contributed by atoms with Crippen molar-refractivity contribution in [3.05, 3.63) is 40.3 Å². The van der Waals surface area contributed by atoms with Crippen molar-refractivity contribution in [3.63, 3.8) is 0 Å². The Hall–Kier alpha value is -0.880. The number of nitrogens with two attached hydrogens (primary N) is 1. The van der Waals surface area contributed by atoms with Gasteiger partial charge in [-0.1, -0.05) is 29.8 Å². The van der Waals surface area contributed by atoms with Crippen LogP contribution in [-0.4, -0.2) is 21.5 Å². The van der Waals surface area contributed by atoms with E-state index in [0.717, 1.165) is 5.41 Å². The number of nitrogens with one attached hydrogen (secondary N) is 1. The summed E-state index contributed by atoms with van der Waals surface area (Å²) < 4.78 is 25.1. The Labute approximate surface area is 100 Å². The van der Waals surface area contributed by atoms with Crippen molar-refractivity contribution in [2.45, 2.75) is 0 Å². The molecule has 0 amide bonds. The van der Waals surface area contributed by atoms with Gasteiger partial charge in [0.15, 0.2) is 0 Å². The van der Waals surface area contributed by atoms with Gasteiger partial charge in [0.2, 0.25) is 10.0 Å². The first kappa shape index (κ1) is 13.2. The maximum atomic E-state index is 11.4. The standard InChI is InChI=1S/C10H13ClN2O2S/c11-10-4-2-1-3-9(10)5-8-16(14,15)13-7-6-12/h1-5,8,13H,6-7,12H2/b8-5+. The molecule has 0 atom stereocenters. The first-order valence-corrected chi connectivity index (χ1v) is 6.60. The van der Waals surface area contributed by atoms with Gasteiger partial charge >= 0.3 is 0 Å². The van der Waals surface area contributed by atoms with Crippen LogP contribution in [0.1, 0.15) is 5.56 Å². The summed E-state index contributed by atoms with van der Waals surface area (Å²) in [6.45, 7) is 0.481. The molecule has 4 nitrogen and oxygen atoms in total. The molecule has 1 aromatic rings. The van der Waals surface area contributed by atoms with Crippen LogP contribution in [0.4, 0.5) is 0 Å². The van der Waals surface area contributed by atoms with Gasteiger partial charge in [-0.3, -0.25) is 0 Å². The van der Waals surface area contributed by atoms with Crippen molar-refractivity contribution >= 4 is 27.7 Å². The molecule has 0 bridgehead atoms. The van der Waals surface area contributed by atoms with Crippen molar-refractivity contribution in [1.29, 1.82) is 0 Å². The molecule has 0 fully saturated rings. The second-order valence-corrected chi connectivity index (χ2v) is 5.11. The highest BCUT2D eigenvalue weighted by Gasteiger charge is 2.03. The lowest BCUT2D eigenvalue weighted by molar-refractivity contribution is 0.591. The quantitative estimate of drug-likeness (QED) is 0.835. The zero-order valence-electron chi connectivity index (χ0n) is 8.56. The summed E-state index contributed by atoms with van der Waals surface area (Å²) in [5.41, 5.74) is 5.85. The fourth-order valence-electron chi connectivity index (χ4n) is 1.02. The molecule has 0 saturated heterocycles. The normalized spacial score (nSPS) is 12.1. The SMILES string of the molecule is NCCNS(=O)(=O)/C=C/c1ccccc1Cl. The third-order valence-corrected chi connectivity index (χ3v) is 3.22. The first-order valence-electron chi connectivity index (χ1n) is 4.67. The number of benzene rings is 1. The predicted octanol–water partition coefficient (Wildman–Crippen LogP) is 1.19. The average molecular weight is 261 g/mol. The van der Waals surface area contributed by atoms with Gasteiger partial charge in [0, 0.05) is 23.5 Å². The van der Waals surface area contributed by atoms with Crippen molar-refractivity contribution in [2.75, 3.05) is 13.1 Å². The summed E-state index contributed by atoms with van der Waals surface area (Å²) in [5, 5.41) is 1.58. The minimum absolute atomic E-state index is 0.217. The lowest BCUT2D eigenvalue weighted by atomic mass is 10.2. The van der Waals surface area contributed by atoms with E-state index in [2.05, 4.69) is 4.72 Å². The van der Waals surface area contributed by atoms with Crippen LogP contribution in [0.25, 0.3) is 6.08 Å². The molecule has 1 rings (SSSR count). The third-order valence-electron chi connectivity index (χ3n) is 1.78. The molecule has 16 heavy (non-hydrogen) atoms. The molecule has 88 valence electrons. The number of halogens is 1. The van der Waals surface area contributed by atoms with Crippen LogP contribution in [0.15, 0.2) is 29.7 Å². The fraction of sp³-hybridized carbons (Fsp3) is 0.200. The summed E-state index contributed by atoms with van der Waals surface area (Å²) in [6, 6.07) is 6.99. The van der Waals surface area contributed by atoms with Crippen LogP contribution in [0.2, 0.25) is 5.02 Å². The van der Waals surface area contributed by atoms with E-state index in [1.807, 2.05) is 0 Å². The zero-order chi connectivity index (χ0) is 12.0. The maximum absolute atomic E-state index is 11.4. The monoisotopic (exact) mass is 260 g/mol. The van der Waals surface area contributed by atoms with Gasteiger partial charge in [-0.2, -0.15) is 0 Å². The Balaban J connectivity index is 2.77. The van der Waals surface area contributed by atoms with Crippen LogP contribution in [-0.2, 0) is 10.0 Å². The number of sulfonamides is 1. The Bertz CT molecular complexity index is 471. The molecule has 0 saturated carbocycles. The topological polar surface area (TPSA) is 72.2 Å². The lowest BCUT2D eigenvalue weighted by Crippen LogP contribution is -2.27. The smallest absolute Gasteiger partial charge is 0.233 e. The van der Waals surface area contributed by atoms with Crippen LogP contribution in [0, 0.1) is 0 Å². The molecule has 6 heteroatoms. The molecule has 0 aliphatic rings. The highest BCUT2D eigenvalue weighted by atomic mass is 35.5. The average Bonchev–Trinajstić information content (AvgIpc) is 2.26. The van der Waals surface area contributed by atoms with Crippen LogP contribution in [0.3, 0.4) is 0 Å². The summed E-state index contributed by atoms with van der Waals surface area (Å²) >= 11 is 5.87. The van der Waals surface area contributed by atoms with E-state index in [0.29, 0.717) is 10.6 Å². The molecule has 0 unspecified atom stereocenters. The molecular formula is C10H13ClN2O2S. The zero-order valence-corrected chi connectivity index (χ0v) is 10.1. The van der Waals surface area contributed by atoms with Crippen LogP contribution < -0.4 is 10.5 Å². The van der Waals surface area contributed by atoms with E-state index in [1.54, 1.807) is 24.3 Å². The summed E-state index contributed by atoms with van der Waals surface area (Å²) in [4.78, 5) is 0. The van der Waals surface area contributed by atoms with Gasteiger partial charge in [-0.15, -0.1) is 0 Å². The minimum atomic E-state index is -3.43. The molecule has 0 aromatic heterocycles. The first-order chi connectivity index (χ1) is 7.55. The van der Waals surface area contributed by atoms with Crippen molar-refractivity contribution in [3.8, 4) is 0 Å². The molecule has 0 aliphatic carbocycles. The molecule has 0 radical (unpaired) electrons. The fourth-order valence-corrected chi connectivity index (χ4v) is 2.05. The van der Waals surface area contributed by atoms with E-state index >= 15 is 0 Å². The molecule has 1 aromatic carbocycles. The predicted molar refractivity (Wildman–Crippen MR) is 66.5 cm³/mol. The second-order valence-electron chi connectivity index (χ2n) is 3.05. The summed E-state index contributed by atoms with van der Waals surface area (Å²) in [7, 11) is -3.43. The van der Waals surface area contributed by atoms with E-state index in [9.17, 15) is 8.42 Å². The van der Waals surface area contributed by atoms with Gasteiger partial charge in [0.25, 0.3) is 0 Å². The Morgan fingerprint density at radius 2 is 2.06 bits per heavy atom. The lowest BCUT2D eigenvalue weighted by Gasteiger charge is -2.00. The molecule has 0 heterocycles. The van der Waals surface area contributed by atoms with E-state index in [-0.39, 0.29) is 13.1 Å². The minimum Gasteiger partial charge on any atom is -0.329 e. The van der Waals surface area contributed by atoms with Crippen LogP contribution >= 0.6 is 11.6 Å². The Morgan fingerprint density at radius 3 is 2.69 bits per heavy atom. The van der Waals surface area contributed by atoms with Crippen LogP contribution in [0.5, 0.6) is 0 Å². The number of rotatable bonds is 5. The number of hydrogen-bond acceptors (Lipinski definition) is 3. The Kier molecular flexibility index (Phi) is 4.95. The highest BCUT2D eigenvalue weighted by Crippen LogP contribution is 2.16. The Morgan fingerprint density at radius 1 is 1.38 bits per heavy atom. The molecule has 3 N–H and O–H groups in total. The van der Waals surface area contributed by atoms with Gasteiger partial charge in [-0.25, -0.2) is 13.1 Å². The molecule has 0 aliphatic heterocycles. The molecular weight excluding hydrogens is 248 g/mol. The number of hydrogen-bond donors (Lipinski definition) is 2. The van der Waals surface area contributed by atoms with Crippen molar-refractivity contribution in [2.24, 2.45) is 5.73 Å². The van der Waals surface area contributed by atoms with Crippen molar-refractivity contribution in [1.82, 2.24) is 4.72 Å². The van der Waals surface area contributed by atoms with E-state index in [1.165, 1.54) is 6.08 Å². The van der Waals surface area contributed by atoms with Crippen molar-refractivity contribution < 1.29 is 8.42 Å². The molecule has 0 spiro atoms.